The summed E-state index contributed by atoms with van der Waals surface area (Å²) in [7, 11) is 1.68. The summed E-state index contributed by atoms with van der Waals surface area (Å²) < 4.78 is 5.24. The number of aliphatic carboxylic acids is 1. The molecule has 1 N–H and O–H groups in total. The topological polar surface area (TPSA) is 46.5 Å². The largest absolute Gasteiger partial charge is 0.497 e. The van der Waals surface area contributed by atoms with Crippen LogP contribution in [0.3, 0.4) is 0 Å². The molecule has 0 amide bonds. The van der Waals surface area contributed by atoms with E-state index in [0.29, 0.717) is 6.42 Å². The number of methoxy groups -OCH3 is 1. The summed E-state index contributed by atoms with van der Waals surface area (Å²) in [4.78, 5) is 11.6. The second kappa shape index (κ2) is 6.09. The van der Waals surface area contributed by atoms with Crippen LogP contribution in [0.2, 0.25) is 0 Å². The van der Waals surface area contributed by atoms with Gasteiger partial charge in [-0.25, -0.2) is 0 Å². The lowest BCUT2D eigenvalue weighted by atomic mass is 9.45. The molecule has 0 saturated heterocycles. The zero-order valence-corrected chi connectivity index (χ0v) is 14.5. The molecule has 5 rings (SSSR count). The molecule has 0 heterocycles. The summed E-state index contributed by atoms with van der Waals surface area (Å²) >= 11 is 0. The first-order chi connectivity index (χ1) is 11.6. The van der Waals surface area contributed by atoms with Crippen LogP contribution < -0.4 is 4.74 Å². The first-order valence-corrected chi connectivity index (χ1v) is 9.41. The standard InChI is InChI=1S/C21H28O3/c1-24-19-4-2-14(3-5-19)9-18(10-20(22)23)21-11-15-6-16(12-21)8-17(7-15)13-21/h2-5,15-18H,6-13H2,1H3,(H,22,23). The Morgan fingerprint density at radius 2 is 1.67 bits per heavy atom. The number of carbonyl (C=O) groups is 1. The predicted molar refractivity (Wildman–Crippen MR) is 93.0 cm³/mol. The Balaban J connectivity index is 1.58. The summed E-state index contributed by atoms with van der Waals surface area (Å²) in [5, 5.41) is 9.53. The highest BCUT2D eigenvalue weighted by Gasteiger charge is 2.54. The molecule has 4 aliphatic carbocycles. The van der Waals surface area contributed by atoms with Gasteiger partial charge in [-0.2, -0.15) is 0 Å². The molecular formula is C21H28O3. The zero-order valence-electron chi connectivity index (χ0n) is 14.5. The van der Waals surface area contributed by atoms with Crippen LogP contribution in [0, 0.1) is 29.1 Å². The zero-order chi connectivity index (χ0) is 16.7. The Bertz CT molecular complexity index is 569. The lowest BCUT2D eigenvalue weighted by Gasteiger charge is -2.59. The molecule has 0 aliphatic heterocycles. The Kier molecular flexibility index (Phi) is 4.06. The fraction of sp³-hybridized carbons (Fsp3) is 0.667. The normalized spacial score (nSPS) is 35.0. The van der Waals surface area contributed by atoms with Gasteiger partial charge in [0.05, 0.1) is 7.11 Å². The van der Waals surface area contributed by atoms with Crippen molar-refractivity contribution in [1.29, 1.82) is 0 Å². The van der Waals surface area contributed by atoms with Crippen molar-refractivity contribution in [1.82, 2.24) is 0 Å². The average molecular weight is 328 g/mol. The van der Waals surface area contributed by atoms with E-state index in [1.54, 1.807) is 7.11 Å². The minimum atomic E-state index is -0.635. The van der Waals surface area contributed by atoms with Crippen LogP contribution in [0.5, 0.6) is 5.75 Å². The van der Waals surface area contributed by atoms with Crippen molar-refractivity contribution >= 4 is 5.97 Å². The third-order valence-corrected chi connectivity index (χ3v) is 7.01. The predicted octanol–water partition coefficient (Wildman–Crippen LogP) is 4.55. The number of hydrogen-bond acceptors (Lipinski definition) is 2. The molecule has 0 spiro atoms. The van der Waals surface area contributed by atoms with Gasteiger partial charge in [0, 0.05) is 6.42 Å². The second-order valence-corrected chi connectivity index (χ2v) is 8.63. The van der Waals surface area contributed by atoms with Crippen molar-refractivity contribution in [3.05, 3.63) is 29.8 Å². The van der Waals surface area contributed by atoms with Crippen LogP contribution in [0.1, 0.15) is 50.5 Å². The van der Waals surface area contributed by atoms with E-state index in [2.05, 4.69) is 12.1 Å². The molecule has 4 aliphatic rings. The first kappa shape index (κ1) is 16.0. The highest BCUT2D eigenvalue weighted by molar-refractivity contribution is 5.67. The fourth-order valence-electron chi connectivity index (χ4n) is 6.44. The SMILES string of the molecule is COc1ccc(CC(CC(=O)O)C23CC4CC(CC(C4)C2)C3)cc1. The van der Waals surface area contributed by atoms with E-state index >= 15 is 0 Å². The van der Waals surface area contributed by atoms with Gasteiger partial charge < -0.3 is 9.84 Å². The molecule has 24 heavy (non-hydrogen) atoms. The summed E-state index contributed by atoms with van der Waals surface area (Å²) in [6.45, 7) is 0. The van der Waals surface area contributed by atoms with Crippen LogP contribution in [-0.2, 0) is 11.2 Å². The maximum Gasteiger partial charge on any atom is 0.303 e. The molecule has 4 fully saturated rings. The molecule has 3 nitrogen and oxygen atoms in total. The number of benzene rings is 1. The molecule has 3 heteroatoms. The van der Waals surface area contributed by atoms with Crippen molar-refractivity contribution in [2.45, 2.75) is 51.4 Å². The van der Waals surface area contributed by atoms with Gasteiger partial charge in [-0.15, -0.1) is 0 Å². The van der Waals surface area contributed by atoms with Gasteiger partial charge >= 0.3 is 5.97 Å². The van der Waals surface area contributed by atoms with E-state index in [1.807, 2.05) is 12.1 Å². The van der Waals surface area contributed by atoms with Gasteiger partial charge in [-0.3, -0.25) is 4.79 Å². The molecule has 1 atom stereocenters. The third kappa shape index (κ3) is 2.94. The summed E-state index contributed by atoms with van der Waals surface area (Å²) in [6, 6.07) is 8.20. The Hall–Kier alpha value is -1.51. The van der Waals surface area contributed by atoms with Gasteiger partial charge in [0.1, 0.15) is 5.75 Å². The highest BCUT2D eigenvalue weighted by Crippen LogP contribution is 2.63. The second-order valence-electron chi connectivity index (χ2n) is 8.63. The van der Waals surface area contributed by atoms with Crippen LogP contribution in [0.4, 0.5) is 0 Å². The van der Waals surface area contributed by atoms with E-state index in [4.69, 9.17) is 4.74 Å². The number of hydrogen-bond donors (Lipinski definition) is 1. The van der Waals surface area contributed by atoms with Crippen molar-refractivity contribution in [3.8, 4) is 5.75 Å². The monoisotopic (exact) mass is 328 g/mol. The molecule has 0 radical (unpaired) electrons. The van der Waals surface area contributed by atoms with E-state index < -0.39 is 5.97 Å². The van der Waals surface area contributed by atoms with Crippen molar-refractivity contribution in [2.24, 2.45) is 29.1 Å². The summed E-state index contributed by atoms with van der Waals surface area (Å²) in [5.74, 6) is 3.10. The van der Waals surface area contributed by atoms with E-state index in [1.165, 1.54) is 44.1 Å². The van der Waals surface area contributed by atoms with Crippen LogP contribution in [-0.4, -0.2) is 18.2 Å². The molecule has 0 aromatic heterocycles. The number of ether oxygens (including phenoxy) is 1. The van der Waals surface area contributed by atoms with Gasteiger partial charge in [0.15, 0.2) is 0 Å². The van der Waals surface area contributed by atoms with E-state index in [9.17, 15) is 9.90 Å². The van der Waals surface area contributed by atoms with Crippen molar-refractivity contribution in [3.63, 3.8) is 0 Å². The van der Waals surface area contributed by atoms with Gasteiger partial charge in [0.2, 0.25) is 0 Å². The molecular weight excluding hydrogens is 300 g/mol. The first-order valence-electron chi connectivity index (χ1n) is 9.41. The Morgan fingerprint density at radius 3 is 2.12 bits per heavy atom. The Labute approximate surface area is 144 Å². The van der Waals surface area contributed by atoms with Crippen molar-refractivity contribution in [2.75, 3.05) is 7.11 Å². The number of rotatable bonds is 6. The van der Waals surface area contributed by atoms with E-state index in [0.717, 1.165) is 29.9 Å². The maximum atomic E-state index is 11.6. The van der Waals surface area contributed by atoms with Gasteiger partial charge in [-0.05, 0) is 91.7 Å². The number of carboxylic acids is 1. The summed E-state index contributed by atoms with van der Waals surface area (Å²) in [5.41, 5.74) is 1.53. The molecule has 4 saturated carbocycles. The molecule has 1 aromatic carbocycles. The fourth-order valence-corrected chi connectivity index (χ4v) is 6.44. The van der Waals surface area contributed by atoms with Gasteiger partial charge in [0.25, 0.3) is 0 Å². The molecule has 4 bridgehead atoms. The quantitative estimate of drug-likeness (QED) is 0.833. The van der Waals surface area contributed by atoms with Crippen LogP contribution in [0.15, 0.2) is 24.3 Å². The average Bonchev–Trinajstić information content (AvgIpc) is 2.53. The smallest absolute Gasteiger partial charge is 0.303 e. The molecule has 130 valence electrons. The lowest BCUT2D eigenvalue weighted by molar-refractivity contribution is -0.143. The third-order valence-electron chi connectivity index (χ3n) is 7.01. The summed E-state index contributed by atoms with van der Waals surface area (Å²) in [6.07, 6.45) is 9.23. The Morgan fingerprint density at radius 1 is 1.12 bits per heavy atom. The molecule has 1 aromatic rings. The van der Waals surface area contributed by atoms with Crippen molar-refractivity contribution < 1.29 is 14.6 Å². The van der Waals surface area contributed by atoms with Crippen LogP contribution >= 0.6 is 0 Å². The maximum absolute atomic E-state index is 11.6. The number of carboxylic acid groups (broad SMARTS) is 1. The minimum absolute atomic E-state index is 0.275. The lowest BCUT2D eigenvalue weighted by Crippen LogP contribution is -2.50. The highest BCUT2D eigenvalue weighted by atomic mass is 16.5. The van der Waals surface area contributed by atoms with Crippen LogP contribution in [0.25, 0.3) is 0 Å². The minimum Gasteiger partial charge on any atom is -0.497 e. The van der Waals surface area contributed by atoms with E-state index in [-0.39, 0.29) is 11.3 Å². The molecule has 1 unspecified atom stereocenters. The van der Waals surface area contributed by atoms with Gasteiger partial charge in [-0.1, -0.05) is 12.1 Å².